The van der Waals surface area contributed by atoms with E-state index in [0.29, 0.717) is 50.6 Å². The molecule has 194 valence electrons. The second kappa shape index (κ2) is 9.93. The number of nitrogen functional groups attached to an aromatic ring is 1. The Morgan fingerprint density at radius 3 is 2.67 bits per heavy atom. The number of carbonyl (C=O) groups excluding carboxylic acids is 1. The van der Waals surface area contributed by atoms with Gasteiger partial charge in [0.2, 0.25) is 29.6 Å². The third-order valence-electron chi connectivity index (χ3n) is 6.74. The van der Waals surface area contributed by atoms with Crippen molar-refractivity contribution in [1.82, 2.24) is 34.4 Å². The summed E-state index contributed by atoms with van der Waals surface area (Å²) in [6.07, 6.45) is 2.34. The Morgan fingerprint density at radius 1 is 1.25 bits per heavy atom. The van der Waals surface area contributed by atoms with Gasteiger partial charge in [-0.1, -0.05) is 0 Å². The van der Waals surface area contributed by atoms with Gasteiger partial charge in [-0.05, 0) is 25.0 Å². The van der Waals surface area contributed by atoms with Crippen molar-refractivity contribution in [3.05, 3.63) is 18.4 Å². The number of methoxy groups -OCH3 is 1. The van der Waals surface area contributed by atoms with Gasteiger partial charge in [0.15, 0.2) is 5.76 Å². The molecule has 14 heteroatoms. The molecule has 0 bridgehead atoms. The molecule has 3 aromatic heterocycles. The van der Waals surface area contributed by atoms with Crippen molar-refractivity contribution in [2.75, 3.05) is 50.9 Å². The highest BCUT2D eigenvalue weighted by Crippen LogP contribution is 2.35. The Kier molecular flexibility index (Phi) is 6.71. The molecule has 0 radical (unpaired) electrons. The molecule has 5 rings (SSSR count). The second-order valence-electron chi connectivity index (χ2n) is 9.13. The van der Waals surface area contributed by atoms with Crippen molar-refractivity contribution < 1.29 is 22.7 Å². The average molecular weight is 506 g/mol. The van der Waals surface area contributed by atoms with Crippen LogP contribution in [0.5, 0.6) is 0 Å². The molecular formula is C22H29F2N9O3. The third kappa shape index (κ3) is 5.09. The third-order valence-corrected chi connectivity index (χ3v) is 6.74. The van der Waals surface area contributed by atoms with Crippen LogP contribution >= 0.6 is 0 Å². The highest BCUT2D eigenvalue weighted by atomic mass is 19.3. The number of alkyl halides is 2. The van der Waals surface area contributed by atoms with Gasteiger partial charge in [-0.25, -0.2) is 8.78 Å². The van der Waals surface area contributed by atoms with E-state index in [-0.39, 0.29) is 49.1 Å². The van der Waals surface area contributed by atoms with E-state index in [4.69, 9.17) is 14.9 Å². The monoisotopic (exact) mass is 505 g/mol. The number of rotatable bonds is 7. The number of nitrogens with one attached hydrogen (secondary N) is 1. The van der Waals surface area contributed by atoms with E-state index in [1.54, 1.807) is 17.0 Å². The Morgan fingerprint density at radius 2 is 2.00 bits per heavy atom. The predicted molar refractivity (Wildman–Crippen MR) is 125 cm³/mol. The van der Waals surface area contributed by atoms with Crippen LogP contribution in [0.3, 0.4) is 0 Å². The van der Waals surface area contributed by atoms with Crippen LogP contribution in [0.4, 0.5) is 20.7 Å². The number of anilines is 2. The van der Waals surface area contributed by atoms with Gasteiger partial charge in [-0.15, -0.1) is 5.10 Å². The summed E-state index contributed by atoms with van der Waals surface area (Å²) in [6.45, 7) is 2.40. The molecule has 2 fully saturated rings. The first-order chi connectivity index (χ1) is 17.3. The van der Waals surface area contributed by atoms with E-state index in [9.17, 15) is 13.6 Å². The Hall–Kier alpha value is -3.39. The largest absolute Gasteiger partial charge is 0.461 e. The molecule has 0 unspecified atom stereocenters. The summed E-state index contributed by atoms with van der Waals surface area (Å²) in [4.78, 5) is 30.2. The summed E-state index contributed by atoms with van der Waals surface area (Å²) in [7, 11) is 1.51. The molecule has 1 saturated heterocycles. The van der Waals surface area contributed by atoms with Crippen molar-refractivity contribution >= 4 is 23.6 Å². The van der Waals surface area contributed by atoms with Crippen LogP contribution in [0.1, 0.15) is 25.7 Å². The number of piperazine rings is 1. The zero-order chi connectivity index (χ0) is 25.3. The number of aromatic nitrogens is 5. The molecule has 2 aliphatic rings. The smallest absolute Gasteiger partial charge is 0.259 e. The number of halogens is 2. The number of hydrogen-bond donors (Lipinski definition) is 2. The molecule has 0 spiro atoms. The van der Waals surface area contributed by atoms with E-state index >= 15 is 0 Å². The number of furan rings is 1. The van der Waals surface area contributed by atoms with Gasteiger partial charge in [0.1, 0.15) is 6.04 Å². The number of carbonyl (C=O) groups is 1. The average Bonchev–Trinajstić information content (AvgIpc) is 3.54. The van der Waals surface area contributed by atoms with Gasteiger partial charge in [0, 0.05) is 52.2 Å². The van der Waals surface area contributed by atoms with Gasteiger partial charge in [-0.2, -0.15) is 19.5 Å². The molecular weight excluding hydrogens is 476 g/mol. The van der Waals surface area contributed by atoms with Crippen molar-refractivity contribution in [1.29, 1.82) is 0 Å². The fourth-order valence-corrected chi connectivity index (χ4v) is 4.80. The minimum Gasteiger partial charge on any atom is -0.461 e. The van der Waals surface area contributed by atoms with Crippen LogP contribution in [-0.4, -0.2) is 98.2 Å². The van der Waals surface area contributed by atoms with Crippen molar-refractivity contribution in [3.63, 3.8) is 0 Å². The summed E-state index contributed by atoms with van der Waals surface area (Å²) in [5.41, 5.74) is 6.05. The lowest BCUT2D eigenvalue weighted by Gasteiger charge is -2.42. The number of nitrogens with zero attached hydrogens (tertiary/aromatic N) is 7. The van der Waals surface area contributed by atoms with Crippen LogP contribution < -0.4 is 11.1 Å². The van der Waals surface area contributed by atoms with E-state index in [1.165, 1.54) is 17.9 Å². The lowest BCUT2D eigenvalue weighted by atomic mass is 9.91. The first-order valence-electron chi connectivity index (χ1n) is 11.9. The quantitative estimate of drug-likeness (QED) is 0.486. The van der Waals surface area contributed by atoms with Crippen LogP contribution in [0.15, 0.2) is 22.8 Å². The van der Waals surface area contributed by atoms with Crippen molar-refractivity contribution in [2.24, 2.45) is 0 Å². The van der Waals surface area contributed by atoms with Crippen LogP contribution in [-0.2, 0) is 9.53 Å². The summed E-state index contributed by atoms with van der Waals surface area (Å²) in [5, 5.41) is 7.28. The first-order valence-corrected chi connectivity index (χ1v) is 11.9. The number of fused-ring (bicyclic) bond motifs is 1. The molecule has 12 nitrogen and oxygen atoms in total. The van der Waals surface area contributed by atoms with Crippen LogP contribution in [0, 0.1) is 0 Å². The van der Waals surface area contributed by atoms with Gasteiger partial charge < -0.3 is 25.1 Å². The fraction of sp³-hybridized carbons (Fsp3) is 0.591. The summed E-state index contributed by atoms with van der Waals surface area (Å²) >= 11 is 0. The molecule has 1 aliphatic heterocycles. The minimum atomic E-state index is -2.55. The molecule has 36 heavy (non-hydrogen) atoms. The first kappa shape index (κ1) is 24.3. The van der Waals surface area contributed by atoms with E-state index in [1.807, 2.05) is 0 Å². The van der Waals surface area contributed by atoms with Gasteiger partial charge in [0.05, 0.1) is 12.9 Å². The molecule has 3 aromatic rings. The summed E-state index contributed by atoms with van der Waals surface area (Å²) in [5.74, 6) is -1.57. The Balaban J connectivity index is 1.24. The maximum atomic E-state index is 13.5. The SMILES string of the molecule is COC[C@H](Nc1nc(N)n2nc(-c3ccco3)nc2n1)C(=O)N1CCN(C2CCC(F)(F)CC2)CC1. The molecule has 0 aromatic carbocycles. The lowest BCUT2D eigenvalue weighted by molar-refractivity contribution is -0.135. The highest BCUT2D eigenvalue weighted by molar-refractivity contribution is 5.84. The molecule has 1 saturated carbocycles. The van der Waals surface area contributed by atoms with E-state index in [2.05, 4.69) is 30.3 Å². The second-order valence-corrected chi connectivity index (χ2v) is 9.13. The molecule has 1 aliphatic carbocycles. The van der Waals surface area contributed by atoms with Crippen LogP contribution in [0.25, 0.3) is 17.4 Å². The van der Waals surface area contributed by atoms with Crippen molar-refractivity contribution in [3.8, 4) is 11.6 Å². The molecule has 1 atom stereocenters. The van der Waals surface area contributed by atoms with Gasteiger partial charge >= 0.3 is 0 Å². The van der Waals surface area contributed by atoms with Crippen LogP contribution in [0.2, 0.25) is 0 Å². The van der Waals surface area contributed by atoms with E-state index in [0.717, 1.165) is 0 Å². The highest BCUT2D eigenvalue weighted by Gasteiger charge is 2.38. The summed E-state index contributed by atoms with van der Waals surface area (Å²) < 4.78 is 38.9. The lowest BCUT2D eigenvalue weighted by Crippen LogP contribution is -2.56. The number of hydrogen-bond acceptors (Lipinski definition) is 10. The Bertz CT molecular complexity index is 1190. The summed E-state index contributed by atoms with van der Waals surface area (Å²) in [6, 6.07) is 2.84. The Labute approximate surface area is 205 Å². The zero-order valence-electron chi connectivity index (χ0n) is 19.9. The minimum absolute atomic E-state index is 0.0445. The molecule has 1 amide bonds. The fourth-order valence-electron chi connectivity index (χ4n) is 4.80. The van der Waals surface area contributed by atoms with Gasteiger partial charge in [-0.3, -0.25) is 9.69 Å². The standard InChI is InChI=1S/C22H29F2N9O3/c1-35-13-15(18(34)32-10-8-31(9-11-32)14-4-6-22(23,24)7-5-14)26-20-28-19(25)33-21(29-20)27-17(30-33)16-3-2-12-36-16/h2-3,12,14-15H,4-11,13H2,1H3,(H3,25,26,27,28,29,30)/t15-/m0/s1. The van der Waals surface area contributed by atoms with E-state index < -0.39 is 12.0 Å². The topological polar surface area (TPSA) is 140 Å². The van der Waals surface area contributed by atoms with Crippen molar-refractivity contribution in [2.45, 2.75) is 43.7 Å². The number of ether oxygens (including phenoxy) is 1. The molecule has 3 N–H and O–H groups in total. The maximum absolute atomic E-state index is 13.5. The number of amides is 1. The van der Waals surface area contributed by atoms with Gasteiger partial charge in [0.25, 0.3) is 5.78 Å². The zero-order valence-corrected chi connectivity index (χ0v) is 19.9. The maximum Gasteiger partial charge on any atom is 0.259 e. The molecule has 4 heterocycles. The predicted octanol–water partition coefficient (Wildman–Crippen LogP) is 1.51. The number of nitrogens with two attached hydrogens (primary N) is 1. The normalized spacial score (nSPS) is 20.0.